The summed E-state index contributed by atoms with van der Waals surface area (Å²) in [6.07, 6.45) is 6.86. The van der Waals surface area contributed by atoms with Gasteiger partial charge < -0.3 is 0 Å². The van der Waals surface area contributed by atoms with Gasteiger partial charge in [0, 0.05) is 5.38 Å². The van der Waals surface area contributed by atoms with Crippen LogP contribution in [0.2, 0.25) is 0 Å². The molecule has 1 aromatic heterocycles. The molecule has 0 aromatic carbocycles. The molecule has 0 saturated carbocycles. The van der Waals surface area contributed by atoms with E-state index < -0.39 is 0 Å². The number of nitrogens with zero attached hydrogens (tertiary/aromatic N) is 1. The van der Waals surface area contributed by atoms with Crippen molar-refractivity contribution >= 4 is 17.6 Å². The van der Waals surface area contributed by atoms with E-state index in [1.54, 1.807) is 11.3 Å². The zero-order valence-corrected chi connectivity index (χ0v) is 8.77. The SMILES string of the molecule is CCCCCCc1nc(C=O)cs1. The fourth-order valence-electron chi connectivity index (χ4n) is 1.20. The van der Waals surface area contributed by atoms with Gasteiger partial charge in [-0.2, -0.15) is 0 Å². The van der Waals surface area contributed by atoms with Crippen molar-refractivity contribution in [3.63, 3.8) is 0 Å². The first-order valence-corrected chi connectivity index (χ1v) is 5.64. The molecule has 0 fully saturated rings. The summed E-state index contributed by atoms with van der Waals surface area (Å²) in [5.74, 6) is 0. The Morgan fingerprint density at radius 1 is 1.46 bits per heavy atom. The number of aryl methyl sites for hydroxylation is 1. The van der Waals surface area contributed by atoms with Gasteiger partial charge in [-0.05, 0) is 12.8 Å². The molecule has 3 heteroatoms. The van der Waals surface area contributed by atoms with Crippen molar-refractivity contribution in [2.24, 2.45) is 0 Å². The van der Waals surface area contributed by atoms with E-state index in [0.717, 1.165) is 17.7 Å². The Morgan fingerprint density at radius 3 is 2.92 bits per heavy atom. The van der Waals surface area contributed by atoms with Crippen LogP contribution in [0.4, 0.5) is 0 Å². The third-order valence-electron chi connectivity index (χ3n) is 1.93. The number of unbranched alkanes of at least 4 members (excludes halogenated alkanes) is 3. The van der Waals surface area contributed by atoms with Crippen LogP contribution < -0.4 is 0 Å². The topological polar surface area (TPSA) is 30.0 Å². The summed E-state index contributed by atoms with van der Waals surface area (Å²) in [6.45, 7) is 2.20. The Balaban J connectivity index is 2.24. The van der Waals surface area contributed by atoms with Crippen LogP contribution in [0.25, 0.3) is 0 Å². The molecule has 0 spiro atoms. The van der Waals surface area contributed by atoms with Gasteiger partial charge in [-0.25, -0.2) is 4.98 Å². The van der Waals surface area contributed by atoms with Crippen LogP contribution in [-0.2, 0) is 6.42 Å². The molecular formula is C10H15NOS. The Kier molecular flexibility index (Phi) is 4.68. The van der Waals surface area contributed by atoms with Gasteiger partial charge in [-0.1, -0.05) is 26.2 Å². The maximum atomic E-state index is 10.3. The number of rotatable bonds is 6. The molecule has 1 heterocycles. The summed E-state index contributed by atoms with van der Waals surface area (Å²) in [5, 5.41) is 2.92. The van der Waals surface area contributed by atoms with Gasteiger partial charge in [0.2, 0.25) is 0 Å². The minimum Gasteiger partial charge on any atom is -0.296 e. The molecule has 0 amide bonds. The lowest BCUT2D eigenvalue weighted by atomic mass is 10.2. The number of aldehydes is 1. The number of carbonyl (C=O) groups excluding carboxylic acids is 1. The van der Waals surface area contributed by atoms with Crippen molar-refractivity contribution in [2.75, 3.05) is 0 Å². The second kappa shape index (κ2) is 5.86. The third kappa shape index (κ3) is 3.68. The molecule has 2 nitrogen and oxygen atoms in total. The van der Waals surface area contributed by atoms with Crippen LogP contribution in [0.5, 0.6) is 0 Å². The average Bonchev–Trinajstić information content (AvgIpc) is 2.60. The number of thiazole rings is 1. The van der Waals surface area contributed by atoms with Gasteiger partial charge in [-0.3, -0.25) is 4.79 Å². The van der Waals surface area contributed by atoms with E-state index in [0.29, 0.717) is 5.69 Å². The molecule has 0 N–H and O–H groups in total. The van der Waals surface area contributed by atoms with Crippen molar-refractivity contribution in [1.82, 2.24) is 4.98 Å². The zero-order chi connectivity index (χ0) is 9.52. The van der Waals surface area contributed by atoms with Crippen LogP contribution in [0, 0.1) is 0 Å². The van der Waals surface area contributed by atoms with Crippen molar-refractivity contribution in [1.29, 1.82) is 0 Å². The van der Waals surface area contributed by atoms with Crippen molar-refractivity contribution in [3.8, 4) is 0 Å². The largest absolute Gasteiger partial charge is 0.296 e. The van der Waals surface area contributed by atoms with Gasteiger partial charge in [0.25, 0.3) is 0 Å². The number of hydrogen-bond donors (Lipinski definition) is 0. The van der Waals surface area contributed by atoms with E-state index >= 15 is 0 Å². The highest BCUT2D eigenvalue weighted by Crippen LogP contribution is 2.12. The van der Waals surface area contributed by atoms with Gasteiger partial charge in [0.05, 0.1) is 5.01 Å². The predicted octanol–water partition coefficient (Wildman–Crippen LogP) is 3.08. The Bertz CT molecular complexity index is 257. The lowest BCUT2D eigenvalue weighted by Gasteiger charge is -1.95. The molecule has 0 aliphatic carbocycles. The highest BCUT2D eigenvalue weighted by Gasteiger charge is 1.99. The Labute approximate surface area is 83.0 Å². The van der Waals surface area contributed by atoms with E-state index in [9.17, 15) is 4.79 Å². The monoisotopic (exact) mass is 197 g/mol. The summed E-state index contributed by atoms with van der Waals surface area (Å²) in [6, 6.07) is 0. The highest BCUT2D eigenvalue weighted by molar-refractivity contribution is 7.09. The van der Waals surface area contributed by atoms with Gasteiger partial charge in [0.15, 0.2) is 6.29 Å². The summed E-state index contributed by atoms with van der Waals surface area (Å²) < 4.78 is 0. The van der Waals surface area contributed by atoms with Crippen LogP contribution in [0.15, 0.2) is 5.38 Å². The molecule has 0 unspecified atom stereocenters. The normalized spacial score (nSPS) is 10.2. The number of carbonyl (C=O) groups is 1. The first kappa shape index (κ1) is 10.4. The zero-order valence-electron chi connectivity index (χ0n) is 7.95. The van der Waals surface area contributed by atoms with Gasteiger partial charge >= 0.3 is 0 Å². The Hall–Kier alpha value is -0.700. The summed E-state index contributed by atoms with van der Waals surface area (Å²) in [4.78, 5) is 14.5. The summed E-state index contributed by atoms with van der Waals surface area (Å²) in [7, 11) is 0. The maximum absolute atomic E-state index is 10.3. The molecule has 0 saturated heterocycles. The summed E-state index contributed by atoms with van der Waals surface area (Å²) >= 11 is 1.59. The van der Waals surface area contributed by atoms with Crippen LogP contribution in [0.3, 0.4) is 0 Å². The minimum atomic E-state index is 0.579. The van der Waals surface area contributed by atoms with E-state index in [-0.39, 0.29) is 0 Å². The maximum Gasteiger partial charge on any atom is 0.169 e. The van der Waals surface area contributed by atoms with E-state index in [1.807, 2.05) is 5.38 Å². The fourth-order valence-corrected chi connectivity index (χ4v) is 1.98. The van der Waals surface area contributed by atoms with Crippen LogP contribution in [-0.4, -0.2) is 11.3 Å². The first-order chi connectivity index (χ1) is 6.36. The van der Waals surface area contributed by atoms with Gasteiger partial charge in [0.1, 0.15) is 5.69 Å². The molecule has 72 valence electrons. The molecule has 1 rings (SSSR count). The molecule has 0 aliphatic rings. The lowest BCUT2D eigenvalue weighted by molar-refractivity contribution is 0.111. The average molecular weight is 197 g/mol. The smallest absolute Gasteiger partial charge is 0.169 e. The molecule has 0 radical (unpaired) electrons. The lowest BCUT2D eigenvalue weighted by Crippen LogP contribution is -1.86. The van der Waals surface area contributed by atoms with E-state index in [4.69, 9.17) is 0 Å². The molecule has 0 bridgehead atoms. The molecule has 0 aliphatic heterocycles. The number of aromatic nitrogens is 1. The fraction of sp³-hybridized carbons (Fsp3) is 0.600. The molecule has 13 heavy (non-hydrogen) atoms. The standard InChI is InChI=1S/C10H15NOS/c1-2-3-4-5-6-10-11-9(7-12)8-13-10/h7-8H,2-6H2,1H3. The molecule has 0 atom stereocenters. The van der Waals surface area contributed by atoms with Gasteiger partial charge in [-0.15, -0.1) is 11.3 Å². The van der Waals surface area contributed by atoms with Crippen molar-refractivity contribution in [2.45, 2.75) is 39.0 Å². The number of hydrogen-bond acceptors (Lipinski definition) is 3. The predicted molar refractivity (Wildman–Crippen MR) is 55.3 cm³/mol. The second-order valence-electron chi connectivity index (χ2n) is 3.09. The van der Waals surface area contributed by atoms with Crippen molar-refractivity contribution in [3.05, 3.63) is 16.1 Å². The third-order valence-corrected chi connectivity index (χ3v) is 2.86. The van der Waals surface area contributed by atoms with Crippen LogP contribution in [0.1, 0.15) is 48.1 Å². The van der Waals surface area contributed by atoms with E-state index in [1.165, 1.54) is 25.7 Å². The molecular weight excluding hydrogens is 182 g/mol. The van der Waals surface area contributed by atoms with E-state index in [2.05, 4.69) is 11.9 Å². The minimum absolute atomic E-state index is 0.579. The molecule has 1 aromatic rings. The summed E-state index contributed by atoms with van der Waals surface area (Å²) in [5.41, 5.74) is 0.579. The quantitative estimate of drug-likeness (QED) is 0.518. The Morgan fingerprint density at radius 2 is 2.31 bits per heavy atom. The highest BCUT2D eigenvalue weighted by atomic mass is 32.1. The first-order valence-electron chi connectivity index (χ1n) is 4.76. The second-order valence-corrected chi connectivity index (χ2v) is 4.04. The van der Waals surface area contributed by atoms with Crippen LogP contribution >= 0.6 is 11.3 Å². The van der Waals surface area contributed by atoms with Crippen molar-refractivity contribution < 1.29 is 4.79 Å².